The summed E-state index contributed by atoms with van der Waals surface area (Å²) in [5, 5.41) is 3.71. The van der Waals surface area contributed by atoms with E-state index in [1.165, 1.54) is 5.56 Å². The normalized spacial score (nSPS) is 10.8. The number of carbonyl (C=O) groups excluding carboxylic acids is 2. The van der Waals surface area contributed by atoms with Crippen LogP contribution in [0.4, 0.5) is 5.69 Å². The minimum atomic E-state index is -0.469. The van der Waals surface area contributed by atoms with Gasteiger partial charge in [-0.05, 0) is 36.8 Å². The number of hydrogen-bond donors (Lipinski definition) is 2. The molecule has 0 aliphatic rings. The fourth-order valence-electron chi connectivity index (χ4n) is 2.97. The first kappa shape index (κ1) is 16.8. The van der Waals surface area contributed by atoms with Gasteiger partial charge in [0.15, 0.2) is 0 Å². The molecule has 0 atom stereocenters. The van der Waals surface area contributed by atoms with Gasteiger partial charge >= 0.3 is 0 Å². The Hall–Kier alpha value is -3.08. The molecule has 0 saturated heterocycles. The lowest BCUT2D eigenvalue weighted by Crippen LogP contribution is -2.17. The molecule has 0 fully saturated rings. The van der Waals surface area contributed by atoms with Crippen LogP contribution >= 0.6 is 0 Å². The summed E-state index contributed by atoms with van der Waals surface area (Å²) < 4.78 is 1.91. The van der Waals surface area contributed by atoms with Gasteiger partial charge in [0.25, 0.3) is 5.91 Å². The molecule has 1 aromatic heterocycles. The SMILES string of the molecule is CCC(=O)Nc1ccc2c(c1)cc(C(N)=O)n2Cc1cccc(C)c1. The van der Waals surface area contributed by atoms with Crippen molar-refractivity contribution in [2.75, 3.05) is 5.32 Å². The zero-order valence-electron chi connectivity index (χ0n) is 14.4. The Labute approximate surface area is 146 Å². The summed E-state index contributed by atoms with van der Waals surface area (Å²) in [6.07, 6.45) is 0.416. The summed E-state index contributed by atoms with van der Waals surface area (Å²) in [7, 11) is 0. The average Bonchev–Trinajstić information content (AvgIpc) is 2.93. The summed E-state index contributed by atoms with van der Waals surface area (Å²) in [6.45, 7) is 4.40. The Kier molecular flexibility index (Phi) is 4.57. The molecule has 1 heterocycles. The Morgan fingerprint density at radius 3 is 2.60 bits per heavy atom. The fourth-order valence-corrected chi connectivity index (χ4v) is 2.97. The highest BCUT2D eigenvalue weighted by Crippen LogP contribution is 2.25. The van der Waals surface area contributed by atoms with Crippen molar-refractivity contribution in [1.29, 1.82) is 0 Å². The standard InChI is InChI=1S/C20H21N3O2/c1-3-19(24)22-16-7-8-17-15(10-16)11-18(20(21)25)23(17)12-14-6-4-5-13(2)9-14/h4-11H,3,12H2,1-2H3,(H2,21,25)(H,22,24). The molecular weight excluding hydrogens is 314 g/mol. The van der Waals surface area contributed by atoms with Crippen LogP contribution in [0.15, 0.2) is 48.5 Å². The van der Waals surface area contributed by atoms with Crippen molar-refractivity contribution in [1.82, 2.24) is 4.57 Å². The van der Waals surface area contributed by atoms with Crippen molar-refractivity contribution in [2.45, 2.75) is 26.8 Å². The van der Waals surface area contributed by atoms with E-state index in [1.807, 2.05) is 47.9 Å². The van der Waals surface area contributed by atoms with Crippen molar-refractivity contribution in [3.8, 4) is 0 Å². The number of anilines is 1. The quantitative estimate of drug-likeness (QED) is 0.749. The third kappa shape index (κ3) is 3.55. The molecule has 2 amide bonds. The molecule has 0 unspecified atom stereocenters. The van der Waals surface area contributed by atoms with E-state index in [2.05, 4.69) is 11.4 Å². The summed E-state index contributed by atoms with van der Waals surface area (Å²) >= 11 is 0. The van der Waals surface area contributed by atoms with E-state index in [9.17, 15) is 9.59 Å². The molecule has 0 spiro atoms. The van der Waals surface area contributed by atoms with E-state index in [0.717, 1.165) is 16.5 Å². The Morgan fingerprint density at radius 2 is 1.92 bits per heavy atom. The lowest BCUT2D eigenvalue weighted by molar-refractivity contribution is -0.115. The van der Waals surface area contributed by atoms with Gasteiger partial charge in [0.1, 0.15) is 5.69 Å². The summed E-state index contributed by atoms with van der Waals surface area (Å²) in [6, 6.07) is 15.5. The van der Waals surface area contributed by atoms with Gasteiger partial charge in [-0.3, -0.25) is 9.59 Å². The molecule has 3 aromatic rings. The Balaban J connectivity index is 2.05. The third-order valence-corrected chi connectivity index (χ3v) is 4.18. The average molecular weight is 335 g/mol. The van der Waals surface area contributed by atoms with Gasteiger partial charge in [-0.15, -0.1) is 0 Å². The molecule has 2 aromatic carbocycles. The predicted molar refractivity (Wildman–Crippen MR) is 99.7 cm³/mol. The van der Waals surface area contributed by atoms with Crippen molar-refractivity contribution in [3.05, 3.63) is 65.4 Å². The van der Waals surface area contributed by atoms with Crippen LogP contribution < -0.4 is 11.1 Å². The van der Waals surface area contributed by atoms with Gasteiger partial charge < -0.3 is 15.6 Å². The Bertz CT molecular complexity index is 957. The topological polar surface area (TPSA) is 77.1 Å². The number of amides is 2. The monoisotopic (exact) mass is 335 g/mol. The van der Waals surface area contributed by atoms with Crippen LogP contribution in [-0.2, 0) is 11.3 Å². The maximum atomic E-state index is 11.9. The molecular formula is C20H21N3O2. The fraction of sp³-hybridized carbons (Fsp3) is 0.200. The molecule has 5 nitrogen and oxygen atoms in total. The lowest BCUT2D eigenvalue weighted by Gasteiger charge is -2.10. The number of rotatable bonds is 5. The molecule has 128 valence electrons. The summed E-state index contributed by atoms with van der Waals surface area (Å²) in [4.78, 5) is 23.5. The smallest absolute Gasteiger partial charge is 0.265 e. The number of fused-ring (bicyclic) bond motifs is 1. The van der Waals surface area contributed by atoms with E-state index < -0.39 is 5.91 Å². The van der Waals surface area contributed by atoms with Gasteiger partial charge in [-0.25, -0.2) is 0 Å². The van der Waals surface area contributed by atoms with E-state index in [1.54, 1.807) is 13.0 Å². The molecule has 0 aliphatic heterocycles. The number of nitrogens with zero attached hydrogens (tertiary/aromatic N) is 1. The number of aryl methyl sites for hydroxylation is 1. The number of benzene rings is 2. The summed E-state index contributed by atoms with van der Waals surface area (Å²) in [5.41, 5.74) is 9.91. The highest BCUT2D eigenvalue weighted by molar-refractivity contribution is 6.00. The molecule has 0 bridgehead atoms. The highest BCUT2D eigenvalue weighted by atomic mass is 16.2. The number of aromatic nitrogens is 1. The van der Waals surface area contributed by atoms with Gasteiger partial charge in [0, 0.05) is 29.6 Å². The highest BCUT2D eigenvalue weighted by Gasteiger charge is 2.14. The van der Waals surface area contributed by atoms with Gasteiger partial charge in [-0.2, -0.15) is 0 Å². The molecule has 3 rings (SSSR count). The van der Waals surface area contributed by atoms with Crippen LogP contribution in [0.25, 0.3) is 10.9 Å². The van der Waals surface area contributed by atoms with E-state index >= 15 is 0 Å². The van der Waals surface area contributed by atoms with E-state index in [4.69, 9.17) is 5.73 Å². The van der Waals surface area contributed by atoms with Gasteiger partial charge in [-0.1, -0.05) is 36.8 Å². The predicted octanol–water partition coefficient (Wildman–Crippen LogP) is 3.45. The van der Waals surface area contributed by atoms with Crippen molar-refractivity contribution >= 4 is 28.4 Å². The third-order valence-electron chi connectivity index (χ3n) is 4.18. The van der Waals surface area contributed by atoms with Gasteiger partial charge in [0.05, 0.1) is 0 Å². The first-order valence-electron chi connectivity index (χ1n) is 8.26. The molecule has 0 saturated carbocycles. The van der Waals surface area contributed by atoms with Crippen LogP contribution in [0.1, 0.15) is 35.0 Å². The number of carbonyl (C=O) groups is 2. The number of nitrogens with two attached hydrogens (primary N) is 1. The molecule has 5 heteroatoms. The largest absolute Gasteiger partial charge is 0.364 e. The van der Waals surface area contributed by atoms with Crippen LogP contribution in [0.5, 0.6) is 0 Å². The second-order valence-electron chi connectivity index (χ2n) is 6.14. The molecule has 3 N–H and O–H groups in total. The van der Waals surface area contributed by atoms with E-state index in [0.29, 0.717) is 24.3 Å². The summed E-state index contributed by atoms with van der Waals surface area (Å²) in [5.74, 6) is -0.517. The van der Waals surface area contributed by atoms with Crippen LogP contribution in [0.3, 0.4) is 0 Å². The van der Waals surface area contributed by atoms with Crippen molar-refractivity contribution < 1.29 is 9.59 Å². The number of hydrogen-bond acceptors (Lipinski definition) is 2. The van der Waals surface area contributed by atoms with Crippen LogP contribution in [0, 0.1) is 6.92 Å². The zero-order valence-corrected chi connectivity index (χ0v) is 14.4. The van der Waals surface area contributed by atoms with Crippen molar-refractivity contribution in [3.63, 3.8) is 0 Å². The Morgan fingerprint density at radius 1 is 1.12 bits per heavy atom. The lowest BCUT2D eigenvalue weighted by atomic mass is 10.1. The van der Waals surface area contributed by atoms with Crippen LogP contribution in [-0.4, -0.2) is 16.4 Å². The minimum absolute atomic E-state index is 0.0475. The second kappa shape index (κ2) is 6.81. The molecule has 25 heavy (non-hydrogen) atoms. The van der Waals surface area contributed by atoms with Crippen LogP contribution in [0.2, 0.25) is 0 Å². The molecule has 0 radical (unpaired) electrons. The number of primary amides is 1. The zero-order chi connectivity index (χ0) is 18.0. The first-order chi connectivity index (χ1) is 12.0. The van der Waals surface area contributed by atoms with Gasteiger partial charge in [0.2, 0.25) is 5.91 Å². The first-order valence-corrected chi connectivity index (χ1v) is 8.26. The maximum absolute atomic E-state index is 11.9. The molecule has 0 aliphatic carbocycles. The second-order valence-corrected chi connectivity index (χ2v) is 6.14. The number of nitrogens with one attached hydrogen (secondary N) is 1. The minimum Gasteiger partial charge on any atom is -0.364 e. The van der Waals surface area contributed by atoms with Crippen molar-refractivity contribution in [2.24, 2.45) is 5.73 Å². The maximum Gasteiger partial charge on any atom is 0.265 e. The van der Waals surface area contributed by atoms with E-state index in [-0.39, 0.29) is 5.91 Å².